The summed E-state index contributed by atoms with van der Waals surface area (Å²) >= 11 is 1.60. The lowest BCUT2D eigenvalue weighted by Crippen LogP contribution is -2.42. The van der Waals surface area contributed by atoms with Crippen LogP contribution in [-0.2, 0) is 19.0 Å². The third-order valence-electron chi connectivity index (χ3n) is 2.16. The summed E-state index contributed by atoms with van der Waals surface area (Å²) in [4.78, 5) is 23.2. The number of nitrogens with one attached hydrogen (secondary N) is 1. The molecule has 0 fully saturated rings. The van der Waals surface area contributed by atoms with Gasteiger partial charge in [0.2, 0.25) is 0 Å². The largest absolute Gasteiger partial charge is 0.464 e. The normalized spacial score (nSPS) is 11.7. The van der Waals surface area contributed by atoms with Crippen molar-refractivity contribution in [2.24, 2.45) is 0 Å². The molecule has 1 amide bonds. The van der Waals surface area contributed by atoms with E-state index >= 15 is 0 Å². The van der Waals surface area contributed by atoms with E-state index in [-0.39, 0.29) is 6.61 Å². The molecular weight excluding hydrogens is 270 g/mol. The molecule has 0 aliphatic carbocycles. The Morgan fingerprint density at radius 1 is 1.21 bits per heavy atom. The molecule has 0 aromatic rings. The van der Waals surface area contributed by atoms with Gasteiger partial charge in [-0.1, -0.05) is 6.92 Å². The van der Waals surface area contributed by atoms with Gasteiger partial charge in [-0.15, -0.1) is 0 Å². The summed E-state index contributed by atoms with van der Waals surface area (Å²) in [7, 11) is 1.52. The Kier molecular flexibility index (Phi) is 11.5. The second kappa shape index (κ2) is 12.1. The minimum absolute atomic E-state index is 0.154. The zero-order chi connectivity index (χ0) is 14.5. The van der Waals surface area contributed by atoms with Crippen LogP contribution in [0.4, 0.5) is 4.79 Å². The standard InChI is InChI=1S/C12H23NO5S/c1-4-6-17-11(14)10(5-9-19-3)13-12(15)18-8-7-16-2/h10H,4-9H2,1-3H3,(H,13,15). The number of ether oxygens (including phenoxy) is 3. The van der Waals surface area contributed by atoms with Crippen LogP contribution in [0.25, 0.3) is 0 Å². The van der Waals surface area contributed by atoms with Gasteiger partial charge in [-0.05, 0) is 24.9 Å². The summed E-state index contributed by atoms with van der Waals surface area (Å²) in [5.41, 5.74) is 0. The van der Waals surface area contributed by atoms with Crippen molar-refractivity contribution in [3.63, 3.8) is 0 Å². The van der Waals surface area contributed by atoms with Gasteiger partial charge in [-0.25, -0.2) is 9.59 Å². The lowest BCUT2D eigenvalue weighted by molar-refractivity contribution is -0.146. The fraction of sp³-hybridized carbons (Fsp3) is 0.833. The van der Waals surface area contributed by atoms with Crippen molar-refractivity contribution in [1.29, 1.82) is 0 Å². The number of carbonyl (C=O) groups is 2. The highest BCUT2D eigenvalue weighted by Gasteiger charge is 2.22. The average molecular weight is 293 g/mol. The molecular formula is C12H23NO5S. The summed E-state index contributed by atoms with van der Waals surface area (Å²) in [5, 5.41) is 2.51. The lowest BCUT2D eigenvalue weighted by Gasteiger charge is -2.17. The lowest BCUT2D eigenvalue weighted by atomic mass is 10.2. The van der Waals surface area contributed by atoms with E-state index in [2.05, 4.69) is 5.32 Å². The van der Waals surface area contributed by atoms with Crippen molar-refractivity contribution < 1.29 is 23.8 Å². The van der Waals surface area contributed by atoms with E-state index in [1.54, 1.807) is 11.8 Å². The molecule has 0 rings (SSSR count). The predicted molar refractivity (Wildman–Crippen MR) is 74.4 cm³/mol. The molecule has 0 aliphatic rings. The molecule has 1 unspecified atom stereocenters. The van der Waals surface area contributed by atoms with Gasteiger partial charge in [0.1, 0.15) is 12.6 Å². The van der Waals surface area contributed by atoms with Crippen LogP contribution in [0.3, 0.4) is 0 Å². The van der Waals surface area contributed by atoms with Gasteiger partial charge in [-0.3, -0.25) is 0 Å². The molecule has 0 saturated heterocycles. The Balaban J connectivity index is 4.16. The summed E-state index contributed by atoms with van der Waals surface area (Å²) in [5.74, 6) is 0.337. The second-order valence-corrected chi connectivity index (χ2v) is 4.76. The van der Waals surface area contributed by atoms with Gasteiger partial charge in [0.05, 0.1) is 13.2 Å². The van der Waals surface area contributed by atoms with Crippen LogP contribution < -0.4 is 5.32 Å². The molecule has 1 N–H and O–H groups in total. The van der Waals surface area contributed by atoms with E-state index in [0.717, 1.165) is 12.2 Å². The number of methoxy groups -OCH3 is 1. The van der Waals surface area contributed by atoms with Crippen molar-refractivity contribution in [3.8, 4) is 0 Å². The van der Waals surface area contributed by atoms with Crippen molar-refractivity contribution in [3.05, 3.63) is 0 Å². The molecule has 0 bridgehead atoms. The van der Waals surface area contributed by atoms with Gasteiger partial charge in [0.25, 0.3) is 0 Å². The van der Waals surface area contributed by atoms with Gasteiger partial charge in [0.15, 0.2) is 0 Å². The van der Waals surface area contributed by atoms with E-state index in [1.165, 1.54) is 7.11 Å². The van der Waals surface area contributed by atoms with Crippen LogP contribution in [0.2, 0.25) is 0 Å². The predicted octanol–water partition coefficient (Wildman–Crippen LogP) is 1.43. The first kappa shape index (κ1) is 18.0. The highest BCUT2D eigenvalue weighted by molar-refractivity contribution is 7.98. The first-order valence-electron chi connectivity index (χ1n) is 6.23. The third kappa shape index (κ3) is 9.61. The van der Waals surface area contributed by atoms with E-state index in [4.69, 9.17) is 14.2 Å². The smallest absolute Gasteiger partial charge is 0.407 e. The van der Waals surface area contributed by atoms with E-state index in [9.17, 15) is 9.59 Å². The molecule has 0 spiro atoms. The van der Waals surface area contributed by atoms with E-state index in [0.29, 0.717) is 19.6 Å². The Labute approximate surface area is 118 Å². The van der Waals surface area contributed by atoms with Crippen LogP contribution in [0, 0.1) is 0 Å². The molecule has 0 heterocycles. The summed E-state index contributed by atoms with van der Waals surface area (Å²) in [6, 6.07) is -0.658. The van der Waals surface area contributed by atoms with Crippen molar-refractivity contribution >= 4 is 23.8 Å². The number of thioether (sulfide) groups is 1. The molecule has 112 valence electrons. The van der Waals surface area contributed by atoms with Crippen LogP contribution in [0.1, 0.15) is 19.8 Å². The number of carbonyl (C=O) groups excluding carboxylic acids is 2. The Morgan fingerprint density at radius 3 is 2.53 bits per heavy atom. The molecule has 0 aliphatic heterocycles. The highest BCUT2D eigenvalue weighted by atomic mass is 32.2. The quantitative estimate of drug-likeness (QED) is 0.485. The first-order valence-corrected chi connectivity index (χ1v) is 7.62. The molecule has 6 nitrogen and oxygen atoms in total. The SMILES string of the molecule is CCCOC(=O)C(CCSC)NC(=O)OCCOC. The van der Waals surface area contributed by atoms with Gasteiger partial charge in [0, 0.05) is 7.11 Å². The molecule has 0 aromatic carbocycles. The van der Waals surface area contributed by atoms with Gasteiger partial charge < -0.3 is 19.5 Å². The summed E-state index contributed by atoms with van der Waals surface area (Å²) < 4.78 is 14.7. The monoisotopic (exact) mass is 293 g/mol. The zero-order valence-corrected chi connectivity index (χ0v) is 12.6. The number of rotatable bonds is 10. The molecule has 19 heavy (non-hydrogen) atoms. The molecule has 0 radical (unpaired) electrons. The van der Waals surface area contributed by atoms with Crippen molar-refractivity contribution in [2.75, 3.05) is 38.9 Å². The minimum Gasteiger partial charge on any atom is -0.464 e. The van der Waals surface area contributed by atoms with E-state index < -0.39 is 18.1 Å². The number of alkyl carbamates (subject to hydrolysis) is 1. The Hall–Kier alpha value is -0.950. The maximum atomic E-state index is 11.7. The second-order valence-electron chi connectivity index (χ2n) is 3.77. The van der Waals surface area contributed by atoms with E-state index in [1.807, 2.05) is 13.2 Å². The number of amides is 1. The first-order chi connectivity index (χ1) is 9.15. The number of hydrogen-bond acceptors (Lipinski definition) is 6. The Morgan fingerprint density at radius 2 is 1.95 bits per heavy atom. The van der Waals surface area contributed by atoms with Crippen LogP contribution in [0.15, 0.2) is 0 Å². The average Bonchev–Trinajstić information content (AvgIpc) is 2.41. The van der Waals surface area contributed by atoms with Crippen molar-refractivity contribution in [1.82, 2.24) is 5.32 Å². The number of esters is 1. The van der Waals surface area contributed by atoms with Crippen LogP contribution >= 0.6 is 11.8 Å². The van der Waals surface area contributed by atoms with Crippen LogP contribution in [0.5, 0.6) is 0 Å². The molecule has 0 saturated carbocycles. The zero-order valence-electron chi connectivity index (χ0n) is 11.8. The topological polar surface area (TPSA) is 73.9 Å². The van der Waals surface area contributed by atoms with Gasteiger partial charge >= 0.3 is 12.1 Å². The fourth-order valence-electron chi connectivity index (χ4n) is 1.19. The molecule has 0 aromatic heterocycles. The molecule has 1 atom stereocenters. The summed E-state index contributed by atoms with van der Waals surface area (Å²) in [6.45, 7) is 2.75. The maximum Gasteiger partial charge on any atom is 0.407 e. The van der Waals surface area contributed by atoms with Crippen molar-refractivity contribution in [2.45, 2.75) is 25.8 Å². The highest BCUT2D eigenvalue weighted by Crippen LogP contribution is 2.03. The fourth-order valence-corrected chi connectivity index (χ4v) is 1.66. The third-order valence-corrected chi connectivity index (χ3v) is 2.80. The summed E-state index contributed by atoms with van der Waals surface area (Å²) in [6.07, 6.45) is 2.57. The maximum absolute atomic E-state index is 11.7. The van der Waals surface area contributed by atoms with Gasteiger partial charge in [-0.2, -0.15) is 11.8 Å². The minimum atomic E-state index is -0.658. The number of hydrogen-bond donors (Lipinski definition) is 1. The molecule has 7 heteroatoms. The van der Waals surface area contributed by atoms with Crippen LogP contribution in [-0.4, -0.2) is 57.0 Å². The Bertz CT molecular complexity index is 263.